The van der Waals surface area contributed by atoms with Crippen molar-refractivity contribution in [1.82, 2.24) is 4.98 Å². The van der Waals surface area contributed by atoms with Crippen LogP contribution in [0, 0.1) is 22.9 Å². The fraction of sp³-hybridized carbons (Fsp3) is 0.214. The zero-order chi connectivity index (χ0) is 15.6. The van der Waals surface area contributed by atoms with Gasteiger partial charge in [0.15, 0.2) is 0 Å². The number of nitro groups is 1. The second kappa shape index (κ2) is 6.17. The molecule has 2 rings (SSSR count). The van der Waals surface area contributed by atoms with E-state index in [1.165, 1.54) is 18.5 Å². The van der Waals surface area contributed by atoms with Crippen LogP contribution >= 0.6 is 15.9 Å². The van der Waals surface area contributed by atoms with Crippen LogP contribution in [0.4, 0.5) is 15.8 Å². The zero-order valence-corrected chi connectivity index (χ0v) is 13.0. The first-order chi connectivity index (χ1) is 9.90. The highest BCUT2D eigenvalue weighted by molar-refractivity contribution is 9.10. The largest absolute Gasteiger partial charge is 0.372 e. The topological polar surface area (TPSA) is 68.1 Å². The van der Waals surface area contributed by atoms with Gasteiger partial charge >= 0.3 is 5.69 Å². The van der Waals surface area contributed by atoms with E-state index in [1.54, 1.807) is 26.0 Å². The number of aromatic nitrogens is 1. The Labute approximate surface area is 129 Å². The van der Waals surface area contributed by atoms with Gasteiger partial charge in [0.05, 0.1) is 9.40 Å². The summed E-state index contributed by atoms with van der Waals surface area (Å²) >= 11 is 3.24. The highest BCUT2D eigenvalue weighted by atomic mass is 79.9. The molecule has 110 valence electrons. The van der Waals surface area contributed by atoms with Gasteiger partial charge in [-0.2, -0.15) is 0 Å². The number of anilines is 1. The quantitative estimate of drug-likeness (QED) is 0.654. The van der Waals surface area contributed by atoms with Gasteiger partial charge in [-0.3, -0.25) is 15.1 Å². The minimum atomic E-state index is -0.511. The molecule has 0 spiro atoms. The van der Waals surface area contributed by atoms with Gasteiger partial charge in [0, 0.05) is 12.2 Å². The van der Waals surface area contributed by atoms with Crippen LogP contribution in [0.15, 0.2) is 35.1 Å². The van der Waals surface area contributed by atoms with E-state index in [-0.39, 0.29) is 17.5 Å². The Morgan fingerprint density at radius 1 is 1.43 bits per heavy atom. The lowest BCUT2D eigenvalue weighted by Gasteiger charge is -2.17. The summed E-state index contributed by atoms with van der Waals surface area (Å²) in [6, 6.07) is 4.60. The van der Waals surface area contributed by atoms with Crippen LogP contribution in [-0.2, 0) is 0 Å². The van der Waals surface area contributed by atoms with Crippen LogP contribution in [0.3, 0.4) is 0 Å². The van der Waals surface area contributed by atoms with Gasteiger partial charge in [0.1, 0.15) is 17.7 Å². The van der Waals surface area contributed by atoms with Gasteiger partial charge in [0.2, 0.25) is 0 Å². The van der Waals surface area contributed by atoms with E-state index in [2.05, 4.69) is 26.2 Å². The van der Waals surface area contributed by atoms with Crippen LogP contribution in [0.1, 0.15) is 24.1 Å². The Morgan fingerprint density at radius 3 is 2.76 bits per heavy atom. The first kappa shape index (κ1) is 15.4. The minimum Gasteiger partial charge on any atom is -0.372 e. The molecule has 0 aliphatic heterocycles. The van der Waals surface area contributed by atoms with Crippen molar-refractivity contribution in [3.63, 3.8) is 0 Å². The van der Waals surface area contributed by atoms with E-state index in [0.717, 1.165) is 0 Å². The van der Waals surface area contributed by atoms with Crippen molar-refractivity contribution in [3.8, 4) is 0 Å². The number of hydrogen-bond acceptors (Lipinski definition) is 4. The molecule has 0 bridgehead atoms. The Morgan fingerprint density at radius 2 is 2.14 bits per heavy atom. The second-order valence-corrected chi connectivity index (χ2v) is 5.50. The van der Waals surface area contributed by atoms with Gasteiger partial charge in [-0.05, 0) is 47.0 Å². The normalized spacial score (nSPS) is 12.0. The number of rotatable bonds is 4. The predicted octanol–water partition coefficient (Wildman–Crippen LogP) is 4.37. The average molecular weight is 354 g/mol. The molecule has 1 atom stereocenters. The Bertz CT molecular complexity index is 694. The zero-order valence-electron chi connectivity index (χ0n) is 11.4. The lowest BCUT2D eigenvalue weighted by molar-refractivity contribution is -0.384. The van der Waals surface area contributed by atoms with E-state index < -0.39 is 4.92 Å². The summed E-state index contributed by atoms with van der Waals surface area (Å²) in [6.07, 6.45) is 2.65. The predicted molar refractivity (Wildman–Crippen MR) is 81.8 cm³/mol. The molecule has 0 radical (unpaired) electrons. The molecule has 1 unspecified atom stereocenters. The van der Waals surface area contributed by atoms with Gasteiger partial charge in [-0.1, -0.05) is 12.1 Å². The van der Waals surface area contributed by atoms with Gasteiger partial charge in [-0.25, -0.2) is 4.39 Å². The summed E-state index contributed by atoms with van der Waals surface area (Å²) < 4.78 is 14.1. The van der Waals surface area contributed by atoms with Crippen molar-refractivity contribution < 1.29 is 9.31 Å². The standard InChI is InChI=1S/C14H13BrFN3O2/c1-8-3-4-10(5-12(8)16)9(2)18-14-11(15)6-17-7-13(14)19(20)21/h3-7,9H,1-2H3,(H,17,18). The summed E-state index contributed by atoms with van der Waals surface area (Å²) in [5, 5.41) is 14.1. The maximum absolute atomic E-state index is 13.6. The molecule has 1 N–H and O–H groups in total. The molecule has 0 aliphatic rings. The summed E-state index contributed by atoms with van der Waals surface area (Å²) in [7, 11) is 0. The molecular formula is C14H13BrFN3O2. The van der Waals surface area contributed by atoms with Crippen molar-refractivity contribution in [3.05, 3.63) is 62.1 Å². The second-order valence-electron chi connectivity index (χ2n) is 4.65. The number of nitrogens with one attached hydrogen (secondary N) is 1. The molecule has 0 aliphatic carbocycles. The van der Waals surface area contributed by atoms with Crippen molar-refractivity contribution in [2.45, 2.75) is 19.9 Å². The lowest BCUT2D eigenvalue weighted by Crippen LogP contribution is -2.09. The molecule has 0 amide bonds. The minimum absolute atomic E-state index is 0.135. The van der Waals surface area contributed by atoms with Gasteiger partial charge in [0.25, 0.3) is 0 Å². The molecule has 21 heavy (non-hydrogen) atoms. The number of nitrogens with zero attached hydrogens (tertiary/aromatic N) is 2. The highest BCUT2D eigenvalue weighted by Crippen LogP contribution is 2.34. The van der Waals surface area contributed by atoms with Crippen LogP contribution in [-0.4, -0.2) is 9.91 Å². The Hall–Kier alpha value is -2.02. The summed E-state index contributed by atoms with van der Waals surface area (Å²) in [4.78, 5) is 14.3. The maximum Gasteiger partial charge on any atom is 0.311 e. The van der Waals surface area contributed by atoms with E-state index in [0.29, 0.717) is 21.3 Å². The Balaban J connectivity index is 2.33. The average Bonchev–Trinajstić information content (AvgIpc) is 2.43. The Kier molecular flexibility index (Phi) is 4.52. The first-order valence-electron chi connectivity index (χ1n) is 6.20. The van der Waals surface area contributed by atoms with Crippen molar-refractivity contribution >= 4 is 27.3 Å². The number of benzene rings is 1. The monoisotopic (exact) mass is 353 g/mol. The molecule has 5 nitrogen and oxygen atoms in total. The van der Waals surface area contributed by atoms with E-state index in [1.807, 2.05) is 0 Å². The number of hydrogen-bond donors (Lipinski definition) is 1. The molecule has 1 aromatic carbocycles. The van der Waals surface area contributed by atoms with Crippen molar-refractivity contribution in [2.24, 2.45) is 0 Å². The molecule has 2 aromatic rings. The molecular weight excluding hydrogens is 341 g/mol. The first-order valence-corrected chi connectivity index (χ1v) is 7.00. The van der Waals surface area contributed by atoms with Crippen LogP contribution in [0.2, 0.25) is 0 Å². The van der Waals surface area contributed by atoms with E-state index >= 15 is 0 Å². The van der Waals surface area contributed by atoms with Crippen LogP contribution < -0.4 is 5.32 Å². The van der Waals surface area contributed by atoms with Gasteiger partial charge < -0.3 is 5.32 Å². The highest BCUT2D eigenvalue weighted by Gasteiger charge is 2.19. The molecule has 1 aromatic heterocycles. The lowest BCUT2D eigenvalue weighted by atomic mass is 10.1. The number of halogens is 2. The smallest absolute Gasteiger partial charge is 0.311 e. The number of aryl methyl sites for hydroxylation is 1. The van der Waals surface area contributed by atoms with Crippen molar-refractivity contribution in [1.29, 1.82) is 0 Å². The van der Waals surface area contributed by atoms with Crippen LogP contribution in [0.5, 0.6) is 0 Å². The third-order valence-corrected chi connectivity index (χ3v) is 3.73. The fourth-order valence-electron chi connectivity index (χ4n) is 1.88. The molecule has 0 fully saturated rings. The molecule has 0 saturated heterocycles. The third kappa shape index (κ3) is 3.36. The molecule has 1 heterocycles. The summed E-state index contributed by atoms with van der Waals surface area (Å²) in [6.45, 7) is 3.49. The molecule has 0 saturated carbocycles. The molecule has 7 heteroatoms. The van der Waals surface area contributed by atoms with Gasteiger partial charge in [-0.15, -0.1) is 0 Å². The van der Waals surface area contributed by atoms with Crippen molar-refractivity contribution in [2.75, 3.05) is 5.32 Å². The fourth-order valence-corrected chi connectivity index (χ4v) is 2.32. The van der Waals surface area contributed by atoms with E-state index in [9.17, 15) is 14.5 Å². The third-order valence-electron chi connectivity index (χ3n) is 3.13. The number of pyridine rings is 1. The SMILES string of the molecule is Cc1ccc(C(C)Nc2c(Br)cncc2[N+](=O)[O-])cc1F. The summed E-state index contributed by atoms with van der Waals surface area (Å²) in [5.74, 6) is -0.301. The summed E-state index contributed by atoms with van der Waals surface area (Å²) in [5.41, 5.74) is 1.45. The van der Waals surface area contributed by atoms with Crippen LogP contribution in [0.25, 0.3) is 0 Å². The maximum atomic E-state index is 13.6. The van der Waals surface area contributed by atoms with E-state index in [4.69, 9.17) is 0 Å².